The first-order valence-corrected chi connectivity index (χ1v) is 11.2. The second-order valence-electron chi connectivity index (χ2n) is 8.20. The Morgan fingerprint density at radius 2 is 1.78 bits per heavy atom. The molecule has 1 saturated heterocycles. The topological polar surface area (TPSA) is 52.1 Å². The van der Waals surface area contributed by atoms with Gasteiger partial charge in [-0.25, -0.2) is 0 Å². The maximum atomic E-state index is 5.30. The Labute approximate surface area is 167 Å². The van der Waals surface area contributed by atoms with E-state index in [9.17, 15) is 0 Å². The summed E-state index contributed by atoms with van der Waals surface area (Å²) < 4.78 is 5.30. The molecule has 2 fully saturated rings. The fourth-order valence-corrected chi connectivity index (χ4v) is 4.07. The zero-order valence-corrected chi connectivity index (χ0v) is 18.1. The van der Waals surface area contributed by atoms with E-state index in [0.717, 1.165) is 38.6 Å². The molecule has 6 nitrogen and oxygen atoms in total. The van der Waals surface area contributed by atoms with Crippen molar-refractivity contribution in [3.63, 3.8) is 0 Å². The molecule has 0 spiro atoms. The van der Waals surface area contributed by atoms with Gasteiger partial charge >= 0.3 is 0 Å². The standard InChI is InChI=1S/C21H43N5O/c1-4-22-20(24-19-21(9-8-10-21)11-18-27-3)23-12-6-7-13-26-16-14-25(5-2)15-17-26/h4-19H2,1-3H3,(H2,22,23,24). The summed E-state index contributed by atoms with van der Waals surface area (Å²) in [5.74, 6) is 0.984. The molecular weight excluding hydrogens is 338 g/mol. The average Bonchev–Trinajstić information content (AvgIpc) is 2.67. The van der Waals surface area contributed by atoms with Crippen LogP contribution >= 0.6 is 0 Å². The van der Waals surface area contributed by atoms with Crippen LogP contribution in [0.5, 0.6) is 0 Å². The molecule has 0 bridgehead atoms. The van der Waals surface area contributed by atoms with Crippen molar-refractivity contribution in [1.82, 2.24) is 20.4 Å². The molecule has 1 heterocycles. The molecule has 0 aromatic heterocycles. The molecule has 0 amide bonds. The SMILES string of the molecule is CCNC(=NCC1(CCOC)CCC1)NCCCCN1CCN(CC)CC1. The van der Waals surface area contributed by atoms with Crippen LogP contribution in [0, 0.1) is 5.41 Å². The van der Waals surface area contributed by atoms with Crippen molar-refractivity contribution in [2.75, 3.05) is 72.6 Å². The van der Waals surface area contributed by atoms with Gasteiger partial charge in [-0.2, -0.15) is 0 Å². The van der Waals surface area contributed by atoms with Crippen LogP contribution in [0.3, 0.4) is 0 Å². The first kappa shape index (κ1) is 22.4. The molecule has 158 valence electrons. The summed E-state index contributed by atoms with van der Waals surface area (Å²) in [5.41, 5.74) is 0.388. The number of guanidine groups is 1. The fraction of sp³-hybridized carbons (Fsp3) is 0.952. The van der Waals surface area contributed by atoms with E-state index in [1.54, 1.807) is 7.11 Å². The lowest BCUT2D eigenvalue weighted by Gasteiger charge is -2.40. The highest BCUT2D eigenvalue weighted by Crippen LogP contribution is 2.44. The van der Waals surface area contributed by atoms with Gasteiger partial charge in [0.1, 0.15) is 0 Å². The van der Waals surface area contributed by atoms with Crippen LogP contribution in [-0.4, -0.2) is 88.4 Å². The molecule has 27 heavy (non-hydrogen) atoms. The summed E-state index contributed by atoms with van der Waals surface area (Å²) in [7, 11) is 1.80. The second kappa shape index (κ2) is 12.6. The molecule has 2 aliphatic rings. The third-order valence-corrected chi connectivity index (χ3v) is 6.27. The predicted octanol–water partition coefficient (Wildman–Crippen LogP) is 2.17. The largest absolute Gasteiger partial charge is 0.385 e. The molecular formula is C21H43N5O. The van der Waals surface area contributed by atoms with Crippen molar-refractivity contribution in [2.24, 2.45) is 10.4 Å². The third kappa shape index (κ3) is 7.96. The molecule has 1 aliphatic heterocycles. The maximum absolute atomic E-state index is 5.30. The summed E-state index contributed by atoms with van der Waals surface area (Å²) in [6.07, 6.45) is 7.53. The smallest absolute Gasteiger partial charge is 0.191 e. The Morgan fingerprint density at radius 1 is 1.04 bits per heavy atom. The summed E-state index contributed by atoms with van der Waals surface area (Å²) in [4.78, 5) is 10.0. The Morgan fingerprint density at radius 3 is 2.37 bits per heavy atom. The van der Waals surface area contributed by atoms with E-state index in [1.807, 2.05) is 0 Å². The summed E-state index contributed by atoms with van der Waals surface area (Å²) >= 11 is 0. The van der Waals surface area contributed by atoms with Crippen LogP contribution in [0.15, 0.2) is 4.99 Å². The number of methoxy groups -OCH3 is 1. The highest BCUT2D eigenvalue weighted by molar-refractivity contribution is 5.79. The fourth-order valence-electron chi connectivity index (χ4n) is 4.07. The minimum atomic E-state index is 0.388. The molecule has 2 rings (SSSR count). The highest BCUT2D eigenvalue weighted by atomic mass is 16.5. The number of nitrogens with one attached hydrogen (secondary N) is 2. The second-order valence-corrected chi connectivity index (χ2v) is 8.20. The van der Waals surface area contributed by atoms with Crippen LogP contribution in [-0.2, 0) is 4.74 Å². The molecule has 1 aliphatic carbocycles. The van der Waals surface area contributed by atoms with Crippen molar-refractivity contribution in [3.8, 4) is 0 Å². The number of ether oxygens (including phenoxy) is 1. The van der Waals surface area contributed by atoms with Gasteiger partial charge in [0, 0.05) is 59.5 Å². The van der Waals surface area contributed by atoms with E-state index < -0.39 is 0 Å². The normalized spacial score (nSPS) is 21.1. The summed E-state index contributed by atoms with van der Waals surface area (Å²) in [5, 5.41) is 6.94. The lowest BCUT2D eigenvalue weighted by molar-refractivity contribution is 0.0778. The van der Waals surface area contributed by atoms with Crippen molar-refractivity contribution in [1.29, 1.82) is 0 Å². The van der Waals surface area contributed by atoms with Crippen molar-refractivity contribution in [3.05, 3.63) is 0 Å². The van der Waals surface area contributed by atoms with E-state index in [1.165, 1.54) is 71.4 Å². The summed E-state index contributed by atoms with van der Waals surface area (Å²) in [6.45, 7) is 15.4. The van der Waals surface area contributed by atoms with E-state index >= 15 is 0 Å². The van der Waals surface area contributed by atoms with Gasteiger partial charge in [0.15, 0.2) is 5.96 Å². The molecule has 0 aromatic carbocycles. The first-order chi connectivity index (χ1) is 13.2. The van der Waals surface area contributed by atoms with Crippen molar-refractivity contribution in [2.45, 2.75) is 52.4 Å². The van der Waals surface area contributed by atoms with Gasteiger partial charge in [-0.3, -0.25) is 4.99 Å². The Bertz CT molecular complexity index is 417. The van der Waals surface area contributed by atoms with Crippen LogP contribution in [0.2, 0.25) is 0 Å². The lowest BCUT2D eigenvalue weighted by atomic mass is 9.67. The molecule has 0 radical (unpaired) electrons. The molecule has 6 heteroatoms. The van der Waals surface area contributed by atoms with Gasteiger partial charge in [-0.15, -0.1) is 0 Å². The number of hydrogen-bond acceptors (Lipinski definition) is 4. The number of hydrogen-bond donors (Lipinski definition) is 2. The first-order valence-electron chi connectivity index (χ1n) is 11.2. The molecule has 0 aromatic rings. The number of rotatable bonds is 12. The van der Waals surface area contributed by atoms with Gasteiger partial charge in [0.05, 0.1) is 0 Å². The van der Waals surface area contributed by atoms with Crippen LogP contribution < -0.4 is 10.6 Å². The monoisotopic (exact) mass is 381 g/mol. The minimum absolute atomic E-state index is 0.388. The van der Waals surface area contributed by atoms with Gasteiger partial charge in [0.2, 0.25) is 0 Å². The van der Waals surface area contributed by atoms with Gasteiger partial charge in [-0.05, 0) is 57.5 Å². The third-order valence-electron chi connectivity index (χ3n) is 6.27. The van der Waals surface area contributed by atoms with E-state index in [0.29, 0.717) is 5.41 Å². The Balaban J connectivity index is 1.62. The zero-order chi connectivity index (χ0) is 19.4. The van der Waals surface area contributed by atoms with Gasteiger partial charge in [0.25, 0.3) is 0 Å². The molecule has 0 atom stereocenters. The highest BCUT2D eigenvalue weighted by Gasteiger charge is 2.36. The van der Waals surface area contributed by atoms with Gasteiger partial charge in [-0.1, -0.05) is 13.3 Å². The Kier molecular flexibility index (Phi) is 10.5. The number of nitrogens with zero attached hydrogens (tertiary/aromatic N) is 3. The molecule has 0 unspecified atom stereocenters. The van der Waals surface area contributed by atoms with Crippen molar-refractivity contribution < 1.29 is 4.74 Å². The molecule has 1 saturated carbocycles. The zero-order valence-electron chi connectivity index (χ0n) is 18.1. The van der Waals surface area contributed by atoms with E-state index in [-0.39, 0.29) is 0 Å². The quantitative estimate of drug-likeness (QED) is 0.308. The van der Waals surface area contributed by atoms with Crippen molar-refractivity contribution >= 4 is 5.96 Å². The van der Waals surface area contributed by atoms with Crippen LogP contribution in [0.1, 0.15) is 52.4 Å². The lowest BCUT2D eigenvalue weighted by Crippen LogP contribution is -2.46. The Hall–Kier alpha value is -0.850. The molecule has 2 N–H and O–H groups in total. The summed E-state index contributed by atoms with van der Waals surface area (Å²) in [6, 6.07) is 0. The van der Waals surface area contributed by atoms with Gasteiger partial charge < -0.3 is 25.2 Å². The van der Waals surface area contributed by atoms with E-state index in [4.69, 9.17) is 9.73 Å². The van der Waals surface area contributed by atoms with Crippen LogP contribution in [0.4, 0.5) is 0 Å². The average molecular weight is 382 g/mol. The number of piperazine rings is 1. The minimum Gasteiger partial charge on any atom is -0.385 e. The number of unbranched alkanes of at least 4 members (excludes halogenated alkanes) is 1. The maximum Gasteiger partial charge on any atom is 0.191 e. The van der Waals surface area contributed by atoms with Crippen LogP contribution in [0.25, 0.3) is 0 Å². The number of aliphatic imine (C=N–C) groups is 1. The predicted molar refractivity (Wildman–Crippen MR) is 115 cm³/mol. The van der Waals surface area contributed by atoms with E-state index in [2.05, 4.69) is 34.3 Å². The number of likely N-dealkylation sites (N-methyl/N-ethyl adjacent to an activating group) is 1.